The van der Waals surface area contributed by atoms with Gasteiger partial charge in [-0.15, -0.1) is 0 Å². The molecular weight excluding hydrogens is 216 g/mol. The van der Waals surface area contributed by atoms with Gasteiger partial charge in [0.05, 0.1) is 20.3 Å². The molecule has 0 bridgehead atoms. The molecule has 0 aliphatic carbocycles. The highest BCUT2D eigenvalue weighted by molar-refractivity contribution is 5.82. The van der Waals surface area contributed by atoms with Crippen molar-refractivity contribution in [2.45, 2.75) is 12.2 Å². The molecule has 0 spiro atoms. The predicted octanol–water partition coefficient (Wildman–Crippen LogP) is -2.38. The highest BCUT2D eigenvalue weighted by Gasteiger charge is 2.23. The first kappa shape index (κ1) is 12.9. The molecule has 1 saturated heterocycles. The van der Waals surface area contributed by atoms with Crippen molar-refractivity contribution in [3.05, 3.63) is 0 Å². The monoisotopic (exact) mass is 232 g/mol. The Morgan fingerprint density at radius 2 is 2.44 bits per heavy atom. The molecule has 0 aromatic heterocycles. The van der Waals surface area contributed by atoms with Crippen LogP contribution < -0.4 is 10.6 Å². The molecule has 1 heterocycles. The van der Waals surface area contributed by atoms with Crippen LogP contribution in [0.25, 0.3) is 0 Å². The van der Waals surface area contributed by atoms with E-state index in [2.05, 4.69) is 15.4 Å². The van der Waals surface area contributed by atoms with E-state index in [1.54, 1.807) is 0 Å². The van der Waals surface area contributed by atoms with Crippen molar-refractivity contribution in [3.63, 3.8) is 0 Å². The minimum absolute atomic E-state index is 0.175. The largest absolute Gasteiger partial charge is 0.467 e. The van der Waals surface area contributed by atoms with Crippen molar-refractivity contribution in [1.82, 2.24) is 10.6 Å². The number of methoxy groups -OCH3 is 1. The van der Waals surface area contributed by atoms with Crippen LogP contribution in [0.15, 0.2) is 0 Å². The number of morpholine rings is 1. The first-order valence-corrected chi connectivity index (χ1v) is 5.01. The van der Waals surface area contributed by atoms with Crippen LogP contribution >= 0.6 is 0 Å². The molecule has 0 aromatic carbocycles. The Balaban J connectivity index is 2.26. The van der Waals surface area contributed by atoms with Gasteiger partial charge in [-0.2, -0.15) is 0 Å². The summed E-state index contributed by atoms with van der Waals surface area (Å²) in [5.74, 6) is -1.13. The zero-order valence-electron chi connectivity index (χ0n) is 9.06. The van der Waals surface area contributed by atoms with Crippen molar-refractivity contribution >= 4 is 11.9 Å². The Morgan fingerprint density at radius 1 is 1.69 bits per heavy atom. The molecule has 0 saturated carbocycles. The lowest BCUT2D eigenvalue weighted by atomic mass is 10.2. The fraction of sp³-hybridized carbons (Fsp3) is 0.778. The number of esters is 1. The second-order valence-corrected chi connectivity index (χ2v) is 3.35. The quantitative estimate of drug-likeness (QED) is 0.469. The van der Waals surface area contributed by atoms with E-state index in [-0.39, 0.29) is 12.5 Å². The maximum atomic E-state index is 11.5. The van der Waals surface area contributed by atoms with Gasteiger partial charge < -0.3 is 25.2 Å². The predicted molar refractivity (Wildman–Crippen MR) is 53.6 cm³/mol. The van der Waals surface area contributed by atoms with Gasteiger partial charge in [0.15, 0.2) is 6.10 Å². The molecule has 7 heteroatoms. The average Bonchev–Trinajstić information content (AvgIpc) is 2.35. The highest BCUT2D eigenvalue weighted by atomic mass is 16.5. The fourth-order valence-corrected chi connectivity index (χ4v) is 1.26. The lowest BCUT2D eigenvalue weighted by Gasteiger charge is -2.23. The van der Waals surface area contributed by atoms with Gasteiger partial charge in [-0.05, 0) is 0 Å². The molecule has 1 aliphatic heterocycles. The lowest BCUT2D eigenvalue weighted by molar-refractivity contribution is -0.150. The molecule has 1 fully saturated rings. The summed E-state index contributed by atoms with van der Waals surface area (Å²) >= 11 is 0. The third-order valence-electron chi connectivity index (χ3n) is 2.16. The minimum atomic E-state index is -1.34. The second-order valence-electron chi connectivity index (χ2n) is 3.35. The Kier molecular flexibility index (Phi) is 5.17. The highest BCUT2D eigenvalue weighted by Crippen LogP contribution is 1.96. The first-order chi connectivity index (χ1) is 7.65. The van der Waals surface area contributed by atoms with Crippen molar-refractivity contribution in [2.75, 3.05) is 33.4 Å². The summed E-state index contributed by atoms with van der Waals surface area (Å²) in [6.45, 7) is 1.44. The van der Waals surface area contributed by atoms with Crippen LogP contribution in [-0.4, -0.2) is 62.5 Å². The molecule has 2 atom stereocenters. The van der Waals surface area contributed by atoms with Gasteiger partial charge in [0, 0.05) is 13.1 Å². The number of carbonyl (C=O) groups excluding carboxylic acids is 2. The Morgan fingerprint density at radius 3 is 3.00 bits per heavy atom. The molecule has 2 unspecified atom stereocenters. The van der Waals surface area contributed by atoms with Gasteiger partial charge in [-0.25, -0.2) is 4.79 Å². The van der Waals surface area contributed by atoms with E-state index in [1.165, 1.54) is 7.11 Å². The normalized spacial score (nSPS) is 22.2. The summed E-state index contributed by atoms with van der Waals surface area (Å²) in [6, 6.07) is 0. The number of hydrogen-bond donors (Lipinski definition) is 3. The number of rotatable bonds is 4. The fourth-order valence-electron chi connectivity index (χ4n) is 1.26. The van der Waals surface area contributed by atoms with Crippen LogP contribution in [0.1, 0.15) is 0 Å². The minimum Gasteiger partial charge on any atom is -0.467 e. The zero-order chi connectivity index (χ0) is 12.0. The number of aliphatic hydroxyl groups excluding tert-OH is 1. The van der Waals surface area contributed by atoms with Crippen LogP contribution in [0.5, 0.6) is 0 Å². The van der Waals surface area contributed by atoms with E-state index in [4.69, 9.17) is 4.74 Å². The number of ether oxygens (including phenoxy) is 2. The Labute approximate surface area is 93.1 Å². The maximum Gasteiger partial charge on any atom is 0.336 e. The third kappa shape index (κ3) is 3.76. The van der Waals surface area contributed by atoms with Crippen molar-refractivity contribution < 1.29 is 24.2 Å². The van der Waals surface area contributed by atoms with E-state index < -0.39 is 18.2 Å². The van der Waals surface area contributed by atoms with E-state index in [9.17, 15) is 14.7 Å². The summed E-state index contributed by atoms with van der Waals surface area (Å²) < 4.78 is 9.49. The van der Waals surface area contributed by atoms with Crippen molar-refractivity contribution in [1.29, 1.82) is 0 Å². The number of hydrogen-bond acceptors (Lipinski definition) is 6. The van der Waals surface area contributed by atoms with Crippen molar-refractivity contribution in [2.24, 2.45) is 0 Å². The smallest absolute Gasteiger partial charge is 0.336 e. The maximum absolute atomic E-state index is 11.5. The van der Waals surface area contributed by atoms with Gasteiger partial charge >= 0.3 is 5.97 Å². The topological polar surface area (TPSA) is 96.9 Å². The molecule has 0 aromatic rings. The molecular formula is C9H16N2O5. The van der Waals surface area contributed by atoms with E-state index >= 15 is 0 Å². The Hall–Kier alpha value is -1.18. The summed E-state index contributed by atoms with van der Waals surface area (Å²) in [4.78, 5) is 22.3. The number of amides is 1. The molecule has 1 aliphatic rings. The van der Waals surface area contributed by atoms with Crippen molar-refractivity contribution in [3.8, 4) is 0 Å². The summed E-state index contributed by atoms with van der Waals surface area (Å²) in [5, 5.41) is 14.6. The van der Waals surface area contributed by atoms with Crippen LogP contribution in [0.3, 0.4) is 0 Å². The van der Waals surface area contributed by atoms with E-state index in [1.807, 2.05) is 0 Å². The summed E-state index contributed by atoms with van der Waals surface area (Å²) in [6.07, 6.45) is -1.91. The molecule has 3 N–H and O–H groups in total. The Bertz CT molecular complexity index is 252. The first-order valence-electron chi connectivity index (χ1n) is 5.01. The van der Waals surface area contributed by atoms with E-state index in [0.29, 0.717) is 19.7 Å². The molecule has 1 rings (SSSR count). The SMILES string of the molecule is COC(=O)C(O)CNC(=O)C1CNCCO1. The molecule has 7 nitrogen and oxygen atoms in total. The molecule has 16 heavy (non-hydrogen) atoms. The number of carbonyl (C=O) groups is 2. The van der Waals surface area contributed by atoms with Gasteiger partial charge in [-0.1, -0.05) is 0 Å². The second kappa shape index (κ2) is 6.41. The van der Waals surface area contributed by atoms with Crippen LogP contribution in [0.2, 0.25) is 0 Å². The van der Waals surface area contributed by atoms with Crippen LogP contribution in [0, 0.1) is 0 Å². The zero-order valence-corrected chi connectivity index (χ0v) is 9.06. The average molecular weight is 232 g/mol. The van der Waals surface area contributed by atoms with Gasteiger partial charge in [0.2, 0.25) is 0 Å². The summed E-state index contributed by atoms with van der Waals surface area (Å²) in [5.41, 5.74) is 0. The molecule has 92 valence electrons. The van der Waals surface area contributed by atoms with Crippen LogP contribution in [-0.2, 0) is 19.1 Å². The molecule has 0 radical (unpaired) electrons. The summed E-state index contributed by atoms with van der Waals surface area (Å²) in [7, 11) is 1.17. The van der Waals surface area contributed by atoms with Gasteiger partial charge in [0.1, 0.15) is 6.10 Å². The van der Waals surface area contributed by atoms with Gasteiger partial charge in [-0.3, -0.25) is 4.79 Å². The number of nitrogens with one attached hydrogen (secondary N) is 2. The van der Waals surface area contributed by atoms with E-state index in [0.717, 1.165) is 0 Å². The standard InChI is InChI=1S/C9H16N2O5/c1-15-9(14)6(12)4-11-8(13)7-5-10-2-3-16-7/h6-7,10,12H,2-5H2,1H3,(H,11,13). The number of aliphatic hydroxyl groups is 1. The third-order valence-corrected chi connectivity index (χ3v) is 2.16. The molecule has 1 amide bonds. The van der Waals surface area contributed by atoms with Gasteiger partial charge in [0.25, 0.3) is 5.91 Å². The van der Waals surface area contributed by atoms with Crippen LogP contribution in [0.4, 0.5) is 0 Å². The lowest BCUT2D eigenvalue weighted by Crippen LogP contribution is -2.49.